The fraction of sp³-hybridized carbons (Fsp3) is 1.00. The van der Waals surface area contributed by atoms with Gasteiger partial charge in [-0.1, -0.05) is 12.8 Å². The number of rotatable bonds is 7. The van der Waals surface area contributed by atoms with Crippen molar-refractivity contribution in [3.05, 3.63) is 0 Å². The van der Waals surface area contributed by atoms with Gasteiger partial charge >= 0.3 is 0 Å². The Bertz CT molecular complexity index is 284. The van der Waals surface area contributed by atoms with Crippen LogP contribution in [0.4, 0.5) is 0 Å². The highest BCUT2D eigenvalue weighted by atomic mass is 32.2. The molecule has 1 rings (SSSR count). The third-order valence-corrected chi connectivity index (χ3v) is 4.63. The van der Waals surface area contributed by atoms with E-state index in [1.165, 1.54) is 23.6 Å². The van der Waals surface area contributed by atoms with Gasteiger partial charge < -0.3 is 5.32 Å². The molecule has 1 unspecified atom stereocenters. The van der Waals surface area contributed by atoms with E-state index in [0.29, 0.717) is 12.6 Å². The van der Waals surface area contributed by atoms with E-state index < -0.39 is 10.0 Å². The average Bonchev–Trinajstić information content (AvgIpc) is 2.87. The molecule has 1 fully saturated rings. The Labute approximate surface area is 93.1 Å². The first-order chi connectivity index (χ1) is 6.92. The fourth-order valence-electron chi connectivity index (χ4n) is 1.55. The van der Waals surface area contributed by atoms with Crippen molar-refractivity contribution in [1.29, 1.82) is 0 Å². The average molecular weight is 234 g/mol. The minimum absolute atomic E-state index is 0.189. The molecule has 0 saturated heterocycles. The molecule has 1 N–H and O–H groups in total. The SMILES string of the molecule is CC(CC1CC1)NCCS(=O)(=O)N(C)C. The van der Waals surface area contributed by atoms with Crippen LogP contribution in [0.15, 0.2) is 0 Å². The van der Waals surface area contributed by atoms with Crippen LogP contribution in [0.25, 0.3) is 0 Å². The van der Waals surface area contributed by atoms with Gasteiger partial charge in [-0.15, -0.1) is 0 Å². The second-order valence-corrected chi connectivity index (χ2v) is 6.94. The summed E-state index contributed by atoms with van der Waals surface area (Å²) in [6.07, 6.45) is 3.88. The van der Waals surface area contributed by atoms with Crippen LogP contribution in [0, 0.1) is 5.92 Å². The van der Waals surface area contributed by atoms with Crippen molar-refractivity contribution in [1.82, 2.24) is 9.62 Å². The van der Waals surface area contributed by atoms with Gasteiger partial charge in [-0.05, 0) is 19.3 Å². The van der Waals surface area contributed by atoms with Crippen LogP contribution in [-0.2, 0) is 10.0 Å². The van der Waals surface area contributed by atoms with E-state index in [2.05, 4.69) is 12.2 Å². The zero-order chi connectivity index (χ0) is 11.5. The largest absolute Gasteiger partial charge is 0.313 e. The van der Waals surface area contributed by atoms with Gasteiger partial charge in [0, 0.05) is 26.7 Å². The Balaban J connectivity index is 2.14. The van der Waals surface area contributed by atoms with Crippen LogP contribution in [-0.4, -0.2) is 45.2 Å². The molecule has 1 atom stereocenters. The lowest BCUT2D eigenvalue weighted by molar-refractivity contribution is 0.488. The van der Waals surface area contributed by atoms with Gasteiger partial charge in [-0.2, -0.15) is 0 Å². The topological polar surface area (TPSA) is 49.4 Å². The van der Waals surface area contributed by atoms with Gasteiger partial charge in [0.15, 0.2) is 0 Å². The first-order valence-electron chi connectivity index (χ1n) is 5.55. The Morgan fingerprint density at radius 3 is 2.47 bits per heavy atom. The molecule has 90 valence electrons. The van der Waals surface area contributed by atoms with Crippen molar-refractivity contribution < 1.29 is 8.42 Å². The fourth-order valence-corrected chi connectivity index (χ4v) is 2.29. The zero-order valence-corrected chi connectivity index (χ0v) is 10.7. The van der Waals surface area contributed by atoms with E-state index >= 15 is 0 Å². The summed E-state index contributed by atoms with van der Waals surface area (Å²) in [7, 11) is 0.109. The lowest BCUT2D eigenvalue weighted by Crippen LogP contribution is -2.35. The lowest BCUT2D eigenvalue weighted by Gasteiger charge is -2.15. The molecule has 1 saturated carbocycles. The first-order valence-corrected chi connectivity index (χ1v) is 7.16. The predicted octanol–water partition coefficient (Wildman–Crippen LogP) is 0.656. The Hall–Kier alpha value is -0.130. The van der Waals surface area contributed by atoms with E-state index in [1.54, 1.807) is 14.1 Å². The van der Waals surface area contributed by atoms with Crippen LogP contribution in [0.5, 0.6) is 0 Å². The molecule has 0 spiro atoms. The normalized spacial score (nSPS) is 19.5. The number of nitrogens with one attached hydrogen (secondary N) is 1. The highest BCUT2D eigenvalue weighted by molar-refractivity contribution is 7.89. The Kier molecular flexibility index (Phi) is 4.55. The highest BCUT2D eigenvalue weighted by Crippen LogP contribution is 2.33. The summed E-state index contributed by atoms with van der Waals surface area (Å²) in [6.45, 7) is 2.68. The monoisotopic (exact) mass is 234 g/mol. The molecule has 15 heavy (non-hydrogen) atoms. The number of sulfonamides is 1. The third kappa shape index (κ3) is 4.95. The first kappa shape index (κ1) is 12.9. The molecule has 5 heteroatoms. The lowest BCUT2D eigenvalue weighted by atomic mass is 10.2. The zero-order valence-electron chi connectivity index (χ0n) is 9.86. The standard InChI is InChI=1S/C10H22N2O2S/c1-9(8-10-4-5-10)11-6-7-15(13,14)12(2)3/h9-11H,4-8H2,1-3H3. The van der Waals surface area contributed by atoms with E-state index in [-0.39, 0.29) is 5.75 Å². The molecular formula is C10H22N2O2S. The predicted molar refractivity (Wildman–Crippen MR) is 62.3 cm³/mol. The van der Waals surface area contributed by atoms with Crippen molar-refractivity contribution >= 4 is 10.0 Å². The van der Waals surface area contributed by atoms with Crippen LogP contribution < -0.4 is 5.32 Å². The molecule has 0 radical (unpaired) electrons. The Morgan fingerprint density at radius 2 is 2.00 bits per heavy atom. The number of hydrogen-bond acceptors (Lipinski definition) is 3. The van der Waals surface area contributed by atoms with Gasteiger partial charge in [-0.25, -0.2) is 12.7 Å². The van der Waals surface area contributed by atoms with Gasteiger partial charge in [0.2, 0.25) is 10.0 Å². The summed E-state index contributed by atoms with van der Waals surface area (Å²) in [5, 5.41) is 3.26. The Morgan fingerprint density at radius 1 is 1.40 bits per heavy atom. The van der Waals surface area contributed by atoms with Crippen molar-refractivity contribution in [3.63, 3.8) is 0 Å². The van der Waals surface area contributed by atoms with Gasteiger partial charge in [0.25, 0.3) is 0 Å². The summed E-state index contributed by atoms with van der Waals surface area (Å²) in [5.74, 6) is 1.08. The molecular weight excluding hydrogens is 212 g/mol. The van der Waals surface area contributed by atoms with Gasteiger partial charge in [0.05, 0.1) is 5.75 Å². The smallest absolute Gasteiger partial charge is 0.214 e. The van der Waals surface area contributed by atoms with Crippen LogP contribution >= 0.6 is 0 Å². The molecule has 1 aliphatic rings. The summed E-state index contributed by atoms with van der Waals surface area (Å²) in [5.41, 5.74) is 0. The van der Waals surface area contributed by atoms with E-state index in [9.17, 15) is 8.42 Å². The van der Waals surface area contributed by atoms with E-state index in [4.69, 9.17) is 0 Å². The van der Waals surface area contributed by atoms with Crippen LogP contribution in [0.2, 0.25) is 0 Å². The highest BCUT2D eigenvalue weighted by Gasteiger charge is 2.23. The van der Waals surface area contributed by atoms with Gasteiger partial charge in [0.1, 0.15) is 0 Å². The quantitative estimate of drug-likeness (QED) is 0.704. The summed E-state index contributed by atoms with van der Waals surface area (Å²) in [4.78, 5) is 0. The molecule has 0 bridgehead atoms. The maximum Gasteiger partial charge on any atom is 0.214 e. The molecule has 4 nitrogen and oxygen atoms in total. The second-order valence-electron chi connectivity index (χ2n) is 4.63. The molecule has 0 aromatic heterocycles. The number of hydrogen-bond donors (Lipinski definition) is 1. The minimum Gasteiger partial charge on any atom is -0.313 e. The van der Waals surface area contributed by atoms with Crippen molar-refractivity contribution in [2.45, 2.75) is 32.2 Å². The molecule has 0 heterocycles. The molecule has 0 amide bonds. The van der Waals surface area contributed by atoms with Crippen molar-refractivity contribution in [3.8, 4) is 0 Å². The molecule has 0 aromatic rings. The third-order valence-electron chi connectivity index (χ3n) is 2.79. The van der Waals surface area contributed by atoms with E-state index in [0.717, 1.165) is 5.92 Å². The summed E-state index contributed by atoms with van der Waals surface area (Å²) >= 11 is 0. The molecule has 1 aliphatic carbocycles. The minimum atomic E-state index is -3.04. The summed E-state index contributed by atoms with van der Waals surface area (Å²) < 4.78 is 24.1. The summed E-state index contributed by atoms with van der Waals surface area (Å²) in [6, 6.07) is 0.440. The van der Waals surface area contributed by atoms with E-state index in [1.807, 2.05) is 0 Å². The maximum atomic E-state index is 11.4. The number of nitrogens with zero attached hydrogens (tertiary/aromatic N) is 1. The maximum absolute atomic E-state index is 11.4. The van der Waals surface area contributed by atoms with Crippen molar-refractivity contribution in [2.75, 3.05) is 26.4 Å². The van der Waals surface area contributed by atoms with Gasteiger partial charge in [-0.3, -0.25) is 0 Å². The van der Waals surface area contributed by atoms with Crippen LogP contribution in [0.3, 0.4) is 0 Å². The molecule has 0 aliphatic heterocycles. The second kappa shape index (κ2) is 5.27. The molecule has 0 aromatic carbocycles. The van der Waals surface area contributed by atoms with Crippen molar-refractivity contribution in [2.24, 2.45) is 5.92 Å². The van der Waals surface area contributed by atoms with Crippen LogP contribution in [0.1, 0.15) is 26.2 Å².